The fourth-order valence-electron chi connectivity index (χ4n) is 1.87. The van der Waals surface area contributed by atoms with Gasteiger partial charge in [-0.15, -0.1) is 0 Å². The van der Waals surface area contributed by atoms with E-state index >= 15 is 0 Å². The fourth-order valence-corrected chi connectivity index (χ4v) is 1.87. The molecule has 0 saturated carbocycles. The van der Waals surface area contributed by atoms with Crippen molar-refractivity contribution in [1.29, 1.82) is 0 Å². The third-order valence-corrected chi connectivity index (χ3v) is 2.58. The predicted molar refractivity (Wildman–Crippen MR) is 67.5 cm³/mol. The van der Waals surface area contributed by atoms with E-state index in [0.717, 1.165) is 12.2 Å². The highest BCUT2D eigenvalue weighted by Gasteiger charge is 2.15. The van der Waals surface area contributed by atoms with Crippen LogP contribution in [0.2, 0.25) is 0 Å². The number of aromatic amines is 1. The largest absolute Gasteiger partial charge is 0.305 e. The molecule has 1 aromatic carbocycles. The molecular weight excluding hydrogens is 212 g/mol. The summed E-state index contributed by atoms with van der Waals surface area (Å²) in [7, 11) is 0. The Bertz CT molecular complexity index is 422. The summed E-state index contributed by atoms with van der Waals surface area (Å²) in [6.45, 7) is 4.27. The Balaban J connectivity index is 2.11. The van der Waals surface area contributed by atoms with Crippen molar-refractivity contribution < 1.29 is 0 Å². The molecule has 0 bridgehead atoms. The summed E-state index contributed by atoms with van der Waals surface area (Å²) in [5, 5.41) is 10.4. The van der Waals surface area contributed by atoms with Crippen LogP contribution in [0.1, 0.15) is 31.3 Å². The Labute approximate surface area is 101 Å². The van der Waals surface area contributed by atoms with Crippen LogP contribution < -0.4 is 5.32 Å². The molecule has 2 rings (SSSR count). The Morgan fingerprint density at radius 3 is 2.59 bits per heavy atom. The van der Waals surface area contributed by atoms with E-state index < -0.39 is 0 Å². The van der Waals surface area contributed by atoms with Gasteiger partial charge < -0.3 is 5.32 Å². The average molecular weight is 230 g/mol. The molecular formula is C13H18N4. The first-order chi connectivity index (χ1) is 8.25. The van der Waals surface area contributed by atoms with Gasteiger partial charge in [0.05, 0.1) is 6.04 Å². The normalized spacial score (nSPS) is 12.9. The minimum atomic E-state index is 0.180. The van der Waals surface area contributed by atoms with Crippen LogP contribution in [0.15, 0.2) is 36.7 Å². The number of nitrogens with one attached hydrogen (secondary N) is 2. The van der Waals surface area contributed by atoms with Crippen molar-refractivity contribution in [3.8, 4) is 0 Å². The van der Waals surface area contributed by atoms with E-state index in [4.69, 9.17) is 0 Å². The van der Waals surface area contributed by atoms with Crippen LogP contribution in [-0.4, -0.2) is 21.2 Å². The standard InChI is InChI=1S/C13H18N4/c1-10(2)16-12(13-14-9-15-17-13)8-11-6-4-3-5-7-11/h3-7,9-10,12,16H,8H2,1-2H3,(H,14,15,17)/t12-/m0/s1. The van der Waals surface area contributed by atoms with Crippen LogP contribution in [-0.2, 0) is 6.42 Å². The minimum Gasteiger partial charge on any atom is -0.305 e. The lowest BCUT2D eigenvalue weighted by molar-refractivity contribution is 0.457. The second-order valence-electron chi connectivity index (χ2n) is 4.43. The minimum absolute atomic E-state index is 0.180. The second kappa shape index (κ2) is 5.59. The van der Waals surface area contributed by atoms with Crippen molar-refractivity contribution in [1.82, 2.24) is 20.5 Å². The van der Waals surface area contributed by atoms with Gasteiger partial charge in [-0.1, -0.05) is 44.2 Å². The number of aromatic nitrogens is 3. The van der Waals surface area contributed by atoms with Gasteiger partial charge in [-0.3, -0.25) is 5.10 Å². The Morgan fingerprint density at radius 2 is 2.00 bits per heavy atom. The first-order valence-corrected chi connectivity index (χ1v) is 5.91. The highest BCUT2D eigenvalue weighted by Crippen LogP contribution is 2.15. The first-order valence-electron chi connectivity index (χ1n) is 5.91. The Morgan fingerprint density at radius 1 is 1.24 bits per heavy atom. The molecule has 2 N–H and O–H groups in total. The van der Waals surface area contributed by atoms with E-state index in [1.807, 2.05) is 6.07 Å². The smallest absolute Gasteiger partial charge is 0.141 e. The number of nitrogens with zero attached hydrogens (tertiary/aromatic N) is 2. The van der Waals surface area contributed by atoms with Gasteiger partial charge in [0.1, 0.15) is 12.2 Å². The van der Waals surface area contributed by atoms with Crippen molar-refractivity contribution in [2.24, 2.45) is 0 Å². The molecule has 0 amide bonds. The molecule has 2 aromatic rings. The molecule has 0 aliphatic heterocycles. The van der Waals surface area contributed by atoms with Crippen molar-refractivity contribution >= 4 is 0 Å². The van der Waals surface area contributed by atoms with Crippen molar-refractivity contribution in [3.63, 3.8) is 0 Å². The lowest BCUT2D eigenvalue weighted by Crippen LogP contribution is -2.30. The zero-order valence-electron chi connectivity index (χ0n) is 10.2. The van der Waals surface area contributed by atoms with E-state index in [1.165, 1.54) is 5.56 Å². The van der Waals surface area contributed by atoms with Crippen molar-refractivity contribution in [2.45, 2.75) is 32.4 Å². The van der Waals surface area contributed by atoms with Crippen LogP contribution in [0.4, 0.5) is 0 Å². The van der Waals surface area contributed by atoms with E-state index in [9.17, 15) is 0 Å². The summed E-state index contributed by atoms with van der Waals surface area (Å²) in [5.41, 5.74) is 1.29. The van der Waals surface area contributed by atoms with Gasteiger partial charge in [0, 0.05) is 6.04 Å². The molecule has 1 heterocycles. The number of rotatable bonds is 5. The summed E-state index contributed by atoms with van der Waals surface area (Å²) in [6, 6.07) is 11.0. The molecule has 1 aromatic heterocycles. The zero-order chi connectivity index (χ0) is 12.1. The lowest BCUT2D eigenvalue weighted by Gasteiger charge is -2.19. The fraction of sp³-hybridized carbons (Fsp3) is 0.385. The van der Waals surface area contributed by atoms with E-state index in [-0.39, 0.29) is 6.04 Å². The highest BCUT2D eigenvalue weighted by molar-refractivity contribution is 5.17. The Kier molecular flexibility index (Phi) is 3.88. The van der Waals surface area contributed by atoms with Gasteiger partial charge >= 0.3 is 0 Å². The number of hydrogen-bond acceptors (Lipinski definition) is 3. The maximum atomic E-state index is 4.24. The number of H-pyrrole nitrogens is 1. The lowest BCUT2D eigenvalue weighted by atomic mass is 10.0. The molecule has 1 atom stereocenters. The quantitative estimate of drug-likeness (QED) is 0.827. The summed E-state index contributed by atoms with van der Waals surface area (Å²) in [5.74, 6) is 0.891. The molecule has 4 heteroatoms. The molecule has 90 valence electrons. The summed E-state index contributed by atoms with van der Waals surface area (Å²) < 4.78 is 0. The molecule has 0 saturated heterocycles. The summed E-state index contributed by atoms with van der Waals surface area (Å²) in [4.78, 5) is 4.24. The van der Waals surface area contributed by atoms with Gasteiger partial charge in [0.15, 0.2) is 0 Å². The van der Waals surface area contributed by atoms with Crippen LogP contribution in [0.5, 0.6) is 0 Å². The molecule has 0 aliphatic carbocycles. The third-order valence-electron chi connectivity index (χ3n) is 2.58. The SMILES string of the molecule is CC(C)N[C@@H](Cc1ccccc1)c1ncn[nH]1. The Hall–Kier alpha value is -1.68. The van der Waals surface area contributed by atoms with Crippen molar-refractivity contribution in [3.05, 3.63) is 48.0 Å². The highest BCUT2D eigenvalue weighted by atomic mass is 15.2. The molecule has 17 heavy (non-hydrogen) atoms. The van der Waals surface area contributed by atoms with Crippen LogP contribution in [0.3, 0.4) is 0 Å². The molecule has 0 spiro atoms. The van der Waals surface area contributed by atoms with Crippen LogP contribution in [0.25, 0.3) is 0 Å². The van der Waals surface area contributed by atoms with Gasteiger partial charge in [-0.05, 0) is 12.0 Å². The molecule has 0 radical (unpaired) electrons. The maximum absolute atomic E-state index is 4.24. The second-order valence-corrected chi connectivity index (χ2v) is 4.43. The molecule has 0 unspecified atom stereocenters. The zero-order valence-corrected chi connectivity index (χ0v) is 10.2. The monoisotopic (exact) mass is 230 g/mol. The van der Waals surface area contributed by atoms with E-state index in [1.54, 1.807) is 6.33 Å². The summed E-state index contributed by atoms with van der Waals surface area (Å²) >= 11 is 0. The molecule has 0 fully saturated rings. The molecule has 0 aliphatic rings. The van der Waals surface area contributed by atoms with Crippen molar-refractivity contribution in [2.75, 3.05) is 0 Å². The van der Waals surface area contributed by atoms with Gasteiger partial charge in [0.25, 0.3) is 0 Å². The van der Waals surface area contributed by atoms with Gasteiger partial charge in [-0.2, -0.15) is 5.10 Å². The maximum Gasteiger partial charge on any atom is 0.141 e. The molecule has 4 nitrogen and oxygen atoms in total. The average Bonchev–Trinajstić information content (AvgIpc) is 2.82. The van der Waals surface area contributed by atoms with Crippen LogP contribution in [0, 0.1) is 0 Å². The predicted octanol–water partition coefficient (Wildman–Crippen LogP) is 2.09. The number of hydrogen-bond donors (Lipinski definition) is 2. The van der Waals surface area contributed by atoms with Gasteiger partial charge in [0.2, 0.25) is 0 Å². The third kappa shape index (κ3) is 3.39. The van der Waals surface area contributed by atoms with Crippen LogP contribution >= 0.6 is 0 Å². The van der Waals surface area contributed by atoms with E-state index in [2.05, 4.69) is 58.6 Å². The summed E-state index contributed by atoms with van der Waals surface area (Å²) in [6.07, 6.45) is 2.46. The number of benzene rings is 1. The van der Waals surface area contributed by atoms with E-state index in [0.29, 0.717) is 6.04 Å². The van der Waals surface area contributed by atoms with Gasteiger partial charge in [-0.25, -0.2) is 4.98 Å². The topological polar surface area (TPSA) is 53.6 Å². The first kappa shape index (κ1) is 11.8.